The molecule has 3 rings (SSSR count). The smallest absolute Gasteiger partial charge is 0.118 e. The largest absolute Gasteiger partial charge is 0.497 e. The Morgan fingerprint density at radius 1 is 1.05 bits per heavy atom. The SMILES string of the molecule is COc1ccc(-c2n[nH]nc2Cc2cccc(C)n2)cc1. The molecule has 106 valence electrons. The van der Waals surface area contributed by atoms with Gasteiger partial charge in [-0.25, -0.2) is 0 Å². The zero-order chi connectivity index (χ0) is 14.7. The first-order valence-corrected chi connectivity index (χ1v) is 6.73. The van der Waals surface area contributed by atoms with Gasteiger partial charge in [-0.2, -0.15) is 15.4 Å². The van der Waals surface area contributed by atoms with E-state index < -0.39 is 0 Å². The van der Waals surface area contributed by atoms with Crippen LogP contribution in [0, 0.1) is 6.92 Å². The van der Waals surface area contributed by atoms with Crippen LogP contribution in [-0.2, 0) is 6.42 Å². The molecule has 0 fully saturated rings. The van der Waals surface area contributed by atoms with Gasteiger partial charge in [0.05, 0.1) is 12.8 Å². The van der Waals surface area contributed by atoms with E-state index in [0.29, 0.717) is 6.42 Å². The standard InChI is InChI=1S/C16H16N4O/c1-11-4-3-5-13(17-11)10-15-16(19-20-18-15)12-6-8-14(21-2)9-7-12/h3-9H,10H2,1-2H3,(H,18,19,20). The third-order valence-electron chi connectivity index (χ3n) is 3.28. The molecule has 1 N–H and O–H groups in total. The summed E-state index contributed by atoms with van der Waals surface area (Å²) in [6.45, 7) is 1.98. The molecule has 0 aliphatic heterocycles. The Morgan fingerprint density at radius 2 is 1.86 bits per heavy atom. The first kappa shape index (κ1) is 13.3. The molecule has 2 heterocycles. The highest BCUT2D eigenvalue weighted by molar-refractivity contribution is 5.62. The Kier molecular flexibility index (Phi) is 3.64. The normalized spacial score (nSPS) is 10.6. The fourth-order valence-electron chi connectivity index (χ4n) is 2.23. The summed E-state index contributed by atoms with van der Waals surface area (Å²) in [4.78, 5) is 4.51. The molecular formula is C16H16N4O. The summed E-state index contributed by atoms with van der Waals surface area (Å²) in [5.74, 6) is 0.823. The van der Waals surface area contributed by atoms with Gasteiger partial charge in [-0.05, 0) is 43.3 Å². The Morgan fingerprint density at radius 3 is 2.57 bits per heavy atom. The highest BCUT2D eigenvalue weighted by atomic mass is 16.5. The molecule has 1 aromatic carbocycles. The number of nitrogens with zero attached hydrogens (tertiary/aromatic N) is 3. The summed E-state index contributed by atoms with van der Waals surface area (Å²) in [6, 6.07) is 13.8. The average molecular weight is 280 g/mol. The van der Waals surface area contributed by atoms with E-state index in [-0.39, 0.29) is 0 Å². The lowest BCUT2D eigenvalue weighted by molar-refractivity contribution is 0.415. The van der Waals surface area contributed by atoms with E-state index in [2.05, 4.69) is 20.4 Å². The number of aromatic nitrogens is 4. The molecule has 21 heavy (non-hydrogen) atoms. The van der Waals surface area contributed by atoms with Crippen molar-refractivity contribution < 1.29 is 4.74 Å². The second kappa shape index (κ2) is 5.75. The molecular weight excluding hydrogens is 264 g/mol. The third-order valence-corrected chi connectivity index (χ3v) is 3.28. The van der Waals surface area contributed by atoms with Gasteiger partial charge in [0.1, 0.15) is 11.4 Å². The summed E-state index contributed by atoms with van der Waals surface area (Å²) in [6.07, 6.45) is 0.652. The van der Waals surface area contributed by atoms with Crippen LogP contribution in [0.3, 0.4) is 0 Å². The molecule has 0 atom stereocenters. The highest BCUT2D eigenvalue weighted by Gasteiger charge is 2.11. The Hall–Kier alpha value is -2.69. The van der Waals surface area contributed by atoms with E-state index in [1.54, 1.807) is 7.11 Å². The fraction of sp³-hybridized carbons (Fsp3) is 0.188. The van der Waals surface area contributed by atoms with Crippen molar-refractivity contribution in [2.45, 2.75) is 13.3 Å². The first-order valence-electron chi connectivity index (χ1n) is 6.73. The number of ether oxygens (including phenoxy) is 1. The van der Waals surface area contributed by atoms with E-state index >= 15 is 0 Å². The van der Waals surface area contributed by atoms with Gasteiger partial charge in [0.15, 0.2) is 0 Å². The monoisotopic (exact) mass is 280 g/mol. The first-order chi connectivity index (χ1) is 10.3. The summed E-state index contributed by atoms with van der Waals surface area (Å²) in [7, 11) is 1.65. The summed E-state index contributed by atoms with van der Waals surface area (Å²) in [5.41, 5.74) is 4.73. The number of aromatic amines is 1. The van der Waals surface area contributed by atoms with Crippen LogP contribution in [0.5, 0.6) is 5.75 Å². The molecule has 3 aromatic rings. The number of methoxy groups -OCH3 is 1. The molecule has 5 nitrogen and oxygen atoms in total. The Bertz CT molecular complexity index is 734. The molecule has 0 bridgehead atoms. The van der Waals surface area contributed by atoms with Crippen LogP contribution < -0.4 is 4.74 Å². The van der Waals surface area contributed by atoms with Crippen molar-refractivity contribution in [2.75, 3.05) is 7.11 Å². The van der Waals surface area contributed by atoms with Gasteiger partial charge in [-0.1, -0.05) is 6.07 Å². The van der Waals surface area contributed by atoms with Crippen LogP contribution in [0.15, 0.2) is 42.5 Å². The van der Waals surface area contributed by atoms with Crippen molar-refractivity contribution in [2.24, 2.45) is 0 Å². The number of hydrogen-bond acceptors (Lipinski definition) is 4. The van der Waals surface area contributed by atoms with Gasteiger partial charge < -0.3 is 4.74 Å². The quantitative estimate of drug-likeness (QED) is 0.798. The maximum absolute atomic E-state index is 5.17. The van der Waals surface area contributed by atoms with Gasteiger partial charge in [-0.15, -0.1) is 0 Å². The molecule has 0 radical (unpaired) electrons. The summed E-state index contributed by atoms with van der Waals surface area (Å²) in [5, 5.41) is 11.2. The van der Waals surface area contributed by atoms with Crippen molar-refractivity contribution >= 4 is 0 Å². The number of H-pyrrole nitrogens is 1. The van der Waals surface area contributed by atoms with Crippen LogP contribution >= 0.6 is 0 Å². The van der Waals surface area contributed by atoms with E-state index in [9.17, 15) is 0 Å². The van der Waals surface area contributed by atoms with Crippen LogP contribution in [0.2, 0.25) is 0 Å². The second-order valence-corrected chi connectivity index (χ2v) is 4.79. The van der Waals surface area contributed by atoms with Crippen molar-refractivity contribution in [1.29, 1.82) is 0 Å². The molecule has 5 heteroatoms. The van der Waals surface area contributed by atoms with E-state index in [1.807, 2.05) is 49.4 Å². The number of nitrogens with one attached hydrogen (secondary N) is 1. The van der Waals surface area contributed by atoms with Gasteiger partial charge >= 0.3 is 0 Å². The minimum Gasteiger partial charge on any atom is -0.497 e. The number of pyridine rings is 1. The second-order valence-electron chi connectivity index (χ2n) is 4.79. The minimum absolute atomic E-state index is 0.652. The van der Waals surface area contributed by atoms with E-state index in [1.165, 1.54) is 0 Å². The molecule has 0 unspecified atom stereocenters. The van der Waals surface area contributed by atoms with Crippen molar-refractivity contribution in [3.8, 4) is 17.0 Å². The van der Waals surface area contributed by atoms with Crippen molar-refractivity contribution in [3.05, 3.63) is 59.5 Å². The minimum atomic E-state index is 0.652. The third kappa shape index (κ3) is 2.91. The lowest BCUT2D eigenvalue weighted by Gasteiger charge is -2.03. The Labute approximate surface area is 123 Å². The van der Waals surface area contributed by atoms with Crippen LogP contribution in [0.1, 0.15) is 17.1 Å². The Balaban J connectivity index is 1.89. The molecule has 0 saturated carbocycles. The molecule has 0 aliphatic carbocycles. The number of benzene rings is 1. The molecule has 0 saturated heterocycles. The van der Waals surface area contributed by atoms with Crippen molar-refractivity contribution in [1.82, 2.24) is 20.4 Å². The zero-order valence-electron chi connectivity index (χ0n) is 12.0. The van der Waals surface area contributed by atoms with E-state index in [0.717, 1.165) is 34.1 Å². The lowest BCUT2D eigenvalue weighted by Crippen LogP contribution is -1.96. The van der Waals surface area contributed by atoms with Crippen LogP contribution in [-0.4, -0.2) is 27.5 Å². The van der Waals surface area contributed by atoms with Gasteiger partial charge in [0.2, 0.25) is 0 Å². The zero-order valence-corrected chi connectivity index (χ0v) is 12.0. The molecule has 0 spiro atoms. The summed E-state index contributed by atoms with van der Waals surface area (Å²) < 4.78 is 5.17. The lowest BCUT2D eigenvalue weighted by atomic mass is 10.1. The number of rotatable bonds is 4. The topological polar surface area (TPSA) is 63.7 Å². The predicted octanol–water partition coefficient (Wildman–Crippen LogP) is 2.77. The van der Waals surface area contributed by atoms with Gasteiger partial charge in [0, 0.05) is 23.4 Å². The highest BCUT2D eigenvalue weighted by Crippen LogP contribution is 2.23. The van der Waals surface area contributed by atoms with Crippen LogP contribution in [0.4, 0.5) is 0 Å². The summed E-state index contributed by atoms with van der Waals surface area (Å²) >= 11 is 0. The fourth-order valence-corrected chi connectivity index (χ4v) is 2.23. The number of hydrogen-bond donors (Lipinski definition) is 1. The maximum atomic E-state index is 5.17. The predicted molar refractivity (Wildman–Crippen MR) is 80.2 cm³/mol. The molecule has 2 aromatic heterocycles. The van der Waals surface area contributed by atoms with Gasteiger partial charge in [-0.3, -0.25) is 4.98 Å². The van der Waals surface area contributed by atoms with Crippen LogP contribution in [0.25, 0.3) is 11.3 Å². The number of aryl methyl sites for hydroxylation is 1. The van der Waals surface area contributed by atoms with Gasteiger partial charge in [0.25, 0.3) is 0 Å². The van der Waals surface area contributed by atoms with E-state index in [4.69, 9.17) is 4.74 Å². The van der Waals surface area contributed by atoms with Crippen molar-refractivity contribution in [3.63, 3.8) is 0 Å². The molecule has 0 amide bonds. The maximum Gasteiger partial charge on any atom is 0.118 e. The average Bonchev–Trinajstić information content (AvgIpc) is 2.95. The molecule has 0 aliphatic rings.